The molecule has 1 atom stereocenters. The maximum absolute atomic E-state index is 5.63. The second-order valence-corrected chi connectivity index (χ2v) is 3.70. The summed E-state index contributed by atoms with van der Waals surface area (Å²) in [4.78, 5) is 11.4. The van der Waals surface area contributed by atoms with Crippen LogP contribution in [0.15, 0.2) is 0 Å². The van der Waals surface area contributed by atoms with Gasteiger partial charge in [0.2, 0.25) is 16.5 Å². The van der Waals surface area contributed by atoms with Crippen molar-refractivity contribution in [3.63, 3.8) is 0 Å². The Bertz CT molecular complexity index is 303. The van der Waals surface area contributed by atoms with Gasteiger partial charge in [-0.25, -0.2) is 0 Å². The number of rotatable bonds is 5. The predicted octanol–water partition coefficient (Wildman–Crippen LogP) is 2.02. The van der Waals surface area contributed by atoms with Crippen LogP contribution in [0.4, 0.5) is 5.95 Å². The second-order valence-electron chi connectivity index (χ2n) is 3.02. The molecule has 0 aliphatic rings. The number of hydrogen-bond acceptors (Lipinski definition) is 5. The molecule has 1 aromatic rings. The molecule has 0 saturated heterocycles. The molecule has 0 spiro atoms. The van der Waals surface area contributed by atoms with E-state index in [9.17, 15) is 0 Å². The molecule has 5 nitrogen and oxygen atoms in total. The van der Waals surface area contributed by atoms with E-state index in [4.69, 9.17) is 27.9 Å². The van der Waals surface area contributed by atoms with Gasteiger partial charge in [-0.1, -0.05) is 0 Å². The highest BCUT2D eigenvalue weighted by Crippen LogP contribution is 2.10. The molecular weight excluding hydrogens is 239 g/mol. The van der Waals surface area contributed by atoms with Gasteiger partial charge in [0.05, 0.1) is 0 Å². The molecule has 0 aliphatic carbocycles. The van der Waals surface area contributed by atoms with Crippen molar-refractivity contribution in [3.05, 3.63) is 10.6 Å². The minimum atomic E-state index is 0.0800. The van der Waals surface area contributed by atoms with Crippen LogP contribution in [0.2, 0.25) is 10.6 Å². The van der Waals surface area contributed by atoms with Crippen LogP contribution in [0.5, 0.6) is 0 Å². The van der Waals surface area contributed by atoms with E-state index in [-0.39, 0.29) is 16.6 Å². The summed E-state index contributed by atoms with van der Waals surface area (Å²) in [6.45, 7) is 2.66. The zero-order chi connectivity index (χ0) is 11.3. The molecular formula is C8H12Cl2N4O. The maximum atomic E-state index is 5.63. The summed E-state index contributed by atoms with van der Waals surface area (Å²) in [5, 5.41) is 3.21. The van der Waals surface area contributed by atoms with E-state index in [0.717, 1.165) is 6.42 Å². The summed E-state index contributed by atoms with van der Waals surface area (Å²) in [7, 11) is 1.66. The molecule has 1 unspecified atom stereocenters. The number of halogens is 2. The van der Waals surface area contributed by atoms with E-state index in [1.165, 1.54) is 0 Å². The summed E-state index contributed by atoms with van der Waals surface area (Å²) >= 11 is 11.3. The first kappa shape index (κ1) is 12.4. The Hall–Kier alpha value is -0.650. The van der Waals surface area contributed by atoms with Crippen LogP contribution in [0.25, 0.3) is 0 Å². The van der Waals surface area contributed by atoms with E-state index >= 15 is 0 Å². The fraction of sp³-hybridized carbons (Fsp3) is 0.625. The lowest BCUT2D eigenvalue weighted by molar-refractivity contribution is 0.191. The zero-order valence-corrected chi connectivity index (χ0v) is 10.0. The first-order valence-electron chi connectivity index (χ1n) is 4.44. The van der Waals surface area contributed by atoms with Crippen LogP contribution in [0.3, 0.4) is 0 Å². The van der Waals surface area contributed by atoms with Crippen molar-refractivity contribution >= 4 is 29.2 Å². The van der Waals surface area contributed by atoms with Gasteiger partial charge in [0.15, 0.2) is 0 Å². The van der Waals surface area contributed by atoms with E-state index in [2.05, 4.69) is 20.3 Å². The van der Waals surface area contributed by atoms with Gasteiger partial charge in [0.1, 0.15) is 0 Å². The van der Waals surface area contributed by atoms with Crippen LogP contribution in [-0.2, 0) is 4.74 Å². The molecule has 7 heteroatoms. The first-order chi connectivity index (χ1) is 7.11. The molecule has 0 aromatic carbocycles. The Kier molecular flexibility index (Phi) is 5.01. The summed E-state index contributed by atoms with van der Waals surface area (Å²) in [6.07, 6.45) is 0.845. The van der Waals surface area contributed by atoms with Crippen molar-refractivity contribution in [2.45, 2.75) is 19.4 Å². The molecule has 1 N–H and O–H groups in total. The monoisotopic (exact) mass is 250 g/mol. The molecule has 15 heavy (non-hydrogen) atoms. The molecule has 1 aromatic heterocycles. The first-order valence-corrected chi connectivity index (χ1v) is 5.20. The number of aromatic nitrogens is 3. The molecule has 1 heterocycles. The number of hydrogen-bond donors (Lipinski definition) is 1. The van der Waals surface area contributed by atoms with Gasteiger partial charge < -0.3 is 10.1 Å². The number of methoxy groups -OCH3 is 1. The molecule has 0 bridgehead atoms. The van der Waals surface area contributed by atoms with Gasteiger partial charge in [-0.05, 0) is 36.5 Å². The van der Waals surface area contributed by atoms with Gasteiger partial charge in [-0.15, -0.1) is 0 Å². The van der Waals surface area contributed by atoms with E-state index in [1.807, 2.05) is 6.92 Å². The van der Waals surface area contributed by atoms with Gasteiger partial charge in [0.25, 0.3) is 0 Å². The normalized spacial score (nSPS) is 12.5. The van der Waals surface area contributed by atoms with Crippen LogP contribution < -0.4 is 5.32 Å². The molecule has 0 fully saturated rings. The topological polar surface area (TPSA) is 59.9 Å². The van der Waals surface area contributed by atoms with Gasteiger partial charge in [-0.2, -0.15) is 15.0 Å². The van der Waals surface area contributed by atoms with Crippen molar-refractivity contribution in [2.75, 3.05) is 19.0 Å². The highest BCUT2D eigenvalue weighted by atomic mass is 35.5. The van der Waals surface area contributed by atoms with Crippen molar-refractivity contribution in [3.8, 4) is 0 Å². The summed E-state index contributed by atoms with van der Waals surface area (Å²) in [5.74, 6) is 0.378. The van der Waals surface area contributed by atoms with Gasteiger partial charge in [-0.3, -0.25) is 0 Å². The second kappa shape index (κ2) is 6.05. The van der Waals surface area contributed by atoms with Gasteiger partial charge in [0, 0.05) is 19.8 Å². The average Bonchev–Trinajstić information content (AvgIpc) is 2.13. The molecule has 84 valence electrons. The standard InChI is InChI=1S/C8H12Cl2N4O/c1-5(3-4-15-2)11-8-13-6(9)12-7(10)14-8/h5H,3-4H2,1-2H3,(H,11,12,13,14). The molecule has 0 radical (unpaired) electrons. The quantitative estimate of drug-likeness (QED) is 0.867. The van der Waals surface area contributed by atoms with Crippen molar-refractivity contribution in [1.29, 1.82) is 0 Å². The molecule has 0 aliphatic heterocycles. The third kappa shape index (κ3) is 4.59. The van der Waals surface area contributed by atoms with Crippen LogP contribution in [0.1, 0.15) is 13.3 Å². The Morgan fingerprint density at radius 3 is 2.40 bits per heavy atom. The Balaban J connectivity index is 2.56. The summed E-state index contributed by atoms with van der Waals surface area (Å²) < 4.78 is 4.95. The number of nitrogens with zero attached hydrogens (tertiary/aromatic N) is 3. The molecule has 0 saturated carbocycles. The third-order valence-electron chi connectivity index (χ3n) is 1.71. The third-order valence-corrected chi connectivity index (χ3v) is 2.05. The SMILES string of the molecule is COCCC(C)Nc1nc(Cl)nc(Cl)n1. The average molecular weight is 251 g/mol. The van der Waals surface area contributed by atoms with Crippen LogP contribution in [-0.4, -0.2) is 34.7 Å². The highest BCUT2D eigenvalue weighted by molar-refractivity contribution is 6.31. The molecule has 0 amide bonds. The minimum Gasteiger partial charge on any atom is -0.385 e. The van der Waals surface area contributed by atoms with Gasteiger partial charge >= 0.3 is 0 Å². The predicted molar refractivity (Wildman–Crippen MR) is 59.4 cm³/mol. The number of nitrogens with one attached hydrogen (secondary N) is 1. The lowest BCUT2D eigenvalue weighted by Crippen LogP contribution is -2.19. The van der Waals surface area contributed by atoms with E-state index in [0.29, 0.717) is 12.6 Å². The van der Waals surface area contributed by atoms with E-state index < -0.39 is 0 Å². The Labute approximate surface area is 98.2 Å². The van der Waals surface area contributed by atoms with Crippen molar-refractivity contribution < 1.29 is 4.74 Å². The number of ether oxygens (including phenoxy) is 1. The largest absolute Gasteiger partial charge is 0.385 e. The zero-order valence-electron chi connectivity index (χ0n) is 8.50. The molecule has 1 rings (SSSR count). The summed E-state index contributed by atoms with van der Waals surface area (Å²) in [6, 6.07) is 0.180. The number of anilines is 1. The Morgan fingerprint density at radius 2 is 1.87 bits per heavy atom. The van der Waals surface area contributed by atoms with Crippen molar-refractivity contribution in [2.24, 2.45) is 0 Å². The van der Waals surface area contributed by atoms with Crippen molar-refractivity contribution in [1.82, 2.24) is 15.0 Å². The smallest absolute Gasteiger partial charge is 0.228 e. The lowest BCUT2D eigenvalue weighted by Gasteiger charge is -2.12. The lowest BCUT2D eigenvalue weighted by atomic mass is 10.2. The Morgan fingerprint density at radius 1 is 1.27 bits per heavy atom. The summed E-state index contributed by atoms with van der Waals surface area (Å²) in [5.41, 5.74) is 0. The van der Waals surface area contributed by atoms with Crippen LogP contribution >= 0.6 is 23.2 Å². The van der Waals surface area contributed by atoms with E-state index in [1.54, 1.807) is 7.11 Å². The minimum absolute atomic E-state index is 0.0800. The maximum Gasteiger partial charge on any atom is 0.228 e. The fourth-order valence-electron chi connectivity index (χ4n) is 0.978. The highest BCUT2D eigenvalue weighted by Gasteiger charge is 2.06. The van der Waals surface area contributed by atoms with Crippen LogP contribution in [0, 0.1) is 0 Å². The fourth-order valence-corrected chi connectivity index (χ4v) is 1.34.